The number of piperazine rings is 1. The van der Waals surface area contributed by atoms with Gasteiger partial charge in [-0.05, 0) is 67.1 Å². The van der Waals surface area contributed by atoms with Crippen molar-refractivity contribution < 1.29 is 13.2 Å². The Balaban J connectivity index is 1.46. The summed E-state index contributed by atoms with van der Waals surface area (Å²) in [7, 11) is -3.54. The molecule has 1 fully saturated rings. The van der Waals surface area contributed by atoms with Crippen molar-refractivity contribution in [3.63, 3.8) is 0 Å². The molecule has 1 aliphatic heterocycles. The molecule has 1 saturated heterocycles. The van der Waals surface area contributed by atoms with Crippen molar-refractivity contribution in [1.82, 2.24) is 9.21 Å². The lowest BCUT2D eigenvalue weighted by molar-refractivity contribution is 0.0698. The van der Waals surface area contributed by atoms with Crippen molar-refractivity contribution >= 4 is 27.5 Å². The molecular weight excluding hydrogens is 396 g/mol. The minimum Gasteiger partial charge on any atom is -0.336 e. The largest absolute Gasteiger partial charge is 0.336 e. The van der Waals surface area contributed by atoms with Gasteiger partial charge in [-0.25, -0.2) is 8.42 Å². The molecule has 0 spiro atoms. The van der Waals surface area contributed by atoms with Crippen LogP contribution >= 0.6 is 11.6 Å². The van der Waals surface area contributed by atoms with Crippen molar-refractivity contribution in [3.05, 3.63) is 64.2 Å². The van der Waals surface area contributed by atoms with Gasteiger partial charge in [-0.3, -0.25) is 4.79 Å². The molecular formula is C21H23ClN2O3S. The van der Waals surface area contributed by atoms with E-state index in [1.54, 1.807) is 35.2 Å². The van der Waals surface area contributed by atoms with E-state index in [1.165, 1.54) is 16.3 Å². The van der Waals surface area contributed by atoms with Crippen molar-refractivity contribution in [2.45, 2.75) is 30.6 Å². The maximum Gasteiger partial charge on any atom is 0.253 e. The van der Waals surface area contributed by atoms with Gasteiger partial charge in [-0.2, -0.15) is 4.31 Å². The van der Waals surface area contributed by atoms with Gasteiger partial charge in [0.2, 0.25) is 10.0 Å². The van der Waals surface area contributed by atoms with E-state index >= 15 is 0 Å². The number of carbonyl (C=O) groups excluding carboxylic acids is 1. The number of hydrogen-bond donors (Lipinski definition) is 0. The van der Waals surface area contributed by atoms with Gasteiger partial charge in [0.1, 0.15) is 0 Å². The van der Waals surface area contributed by atoms with E-state index < -0.39 is 10.0 Å². The first kappa shape index (κ1) is 19.4. The summed E-state index contributed by atoms with van der Waals surface area (Å²) in [6.45, 7) is 1.34. The predicted molar refractivity (Wildman–Crippen MR) is 109 cm³/mol. The molecule has 1 heterocycles. The number of amides is 1. The molecule has 0 unspecified atom stereocenters. The van der Waals surface area contributed by atoms with E-state index in [1.807, 2.05) is 12.1 Å². The van der Waals surface area contributed by atoms with Crippen molar-refractivity contribution in [3.8, 4) is 0 Å². The predicted octanol–water partition coefficient (Wildman–Crippen LogP) is 3.37. The van der Waals surface area contributed by atoms with Crippen LogP contribution in [0.3, 0.4) is 0 Å². The molecule has 0 N–H and O–H groups in total. The van der Waals surface area contributed by atoms with Crippen molar-refractivity contribution in [2.75, 3.05) is 26.2 Å². The van der Waals surface area contributed by atoms with Crippen LogP contribution in [-0.4, -0.2) is 49.7 Å². The second-order valence-electron chi connectivity index (χ2n) is 7.34. The molecule has 7 heteroatoms. The second-order valence-corrected chi connectivity index (χ2v) is 9.72. The number of benzene rings is 2. The third kappa shape index (κ3) is 3.81. The smallest absolute Gasteiger partial charge is 0.253 e. The third-order valence-corrected chi connectivity index (χ3v) is 7.68. The minimum atomic E-state index is -3.54. The van der Waals surface area contributed by atoms with Gasteiger partial charge in [0, 0.05) is 36.8 Å². The van der Waals surface area contributed by atoms with Crippen LogP contribution in [0, 0.1) is 0 Å². The van der Waals surface area contributed by atoms with E-state index in [9.17, 15) is 13.2 Å². The standard InChI is InChI=1S/C21H23ClN2O3S/c22-19-7-3-6-18(14-19)21(25)23-10-12-24(13-11-23)28(26,27)20-9-8-16-4-1-2-5-17(16)15-20/h3,6-9,14-15H,1-2,4-5,10-13H2. The number of hydrogen-bond acceptors (Lipinski definition) is 3. The molecule has 0 aromatic heterocycles. The highest BCUT2D eigenvalue weighted by atomic mass is 35.5. The Morgan fingerprint density at radius 2 is 1.61 bits per heavy atom. The number of halogens is 1. The molecule has 0 bridgehead atoms. The van der Waals surface area contributed by atoms with Crippen LogP contribution in [0.25, 0.3) is 0 Å². The van der Waals surface area contributed by atoms with Crippen LogP contribution in [0.4, 0.5) is 0 Å². The first-order valence-corrected chi connectivity index (χ1v) is 11.4. The lowest BCUT2D eigenvalue weighted by atomic mass is 9.92. The molecule has 0 atom stereocenters. The van der Waals surface area contributed by atoms with Crippen molar-refractivity contribution in [2.24, 2.45) is 0 Å². The normalized spacial score (nSPS) is 18.0. The fourth-order valence-corrected chi connectivity index (χ4v) is 5.62. The van der Waals surface area contributed by atoms with E-state index in [-0.39, 0.29) is 5.91 Å². The fraction of sp³-hybridized carbons (Fsp3) is 0.381. The van der Waals surface area contributed by atoms with Gasteiger partial charge in [0.15, 0.2) is 0 Å². The molecule has 148 valence electrons. The zero-order chi connectivity index (χ0) is 19.7. The van der Waals surface area contributed by atoms with E-state index in [4.69, 9.17) is 11.6 Å². The number of aryl methyl sites for hydroxylation is 2. The number of rotatable bonds is 3. The van der Waals surface area contributed by atoms with Crippen LogP contribution in [0.2, 0.25) is 5.02 Å². The molecule has 28 heavy (non-hydrogen) atoms. The summed E-state index contributed by atoms with van der Waals surface area (Å²) in [5.74, 6) is -0.117. The molecule has 2 aromatic rings. The summed E-state index contributed by atoms with van der Waals surface area (Å²) in [5.41, 5.74) is 2.95. The maximum absolute atomic E-state index is 13.1. The average Bonchev–Trinajstić information content (AvgIpc) is 2.73. The number of sulfonamides is 1. The van der Waals surface area contributed by atoms with E-state index in [0.29, 0.717) is 41.7 Å². The Hall–Kier alpha value is -1.89. The Labute approximate surface area is 171 Å². The molecule has 4 rings (SSSR count). The highest BCUT2D eigenvalue weighted by Gasteiger charge is 2.31. The molecule has 2 aromatic carbocycles. The quantitative estimate of drug-likeness (QED) is 0.767. The van der Waals surface area contributed by atoms with E-state index in [2.05, 4.69) is 0 Å². The SMILES string of the molecule is O=C(c1cccc(Cl)c1)N1CCN(S(=O)(=O)c2ccc3c(c2)CCCC3)CC1. The summed E-state index contributed by atoms with van der Waals surface area (Å²) < 4.78 is 27.6. The summed E-state index contributed by atoms with van der Waals surface area (Å²) in [6, 6.07) is 12.4. The molecule has 5 nitrogen and oxygen atoms in total. The van der Waals surface area contributed by atoms with Gasteiger partial charge < -0.3 is 4.90 Å². The zero-order valence-corrected chi connectivity index (χ0v) is 17.2. The first-order chi connectivity index (χ1) is 13.4. The highest BCUT2D eigenvalue weighted by Crippen LogP contribution is 2.26. The Morgan fingerprint density at radius 3 is 2.32 bits per heavy atom. The fourth-order valence-electron chi connectivity index (χ4n) is 3.95. The summed E-state index contributed by atoms with van der Waals surface area (Å²) in [6.07, 6.45) is 4.25. The lowest BCUT2D eigenvalue weighted by Crippen LogP contribution is -2.50. The summed E-state index contributed by atoms with van der Waals surface area (Å²) in [4.78, 5) is 14.7. The third-order valence-electron chi connectivity index (χ3n) is 5.56. The van der Waals surface area contributed by atoms with Crippen LogP contribution in [0.1, 0.15) is 34.3 Å². The van der Waals surface area contributed by atoms with E-state index in [0.717, 1.165) is 24.8 Å². The molecule has 0 radical (unpaired) electrons. The molecule has 1 aliphatic carbocycles. The number of carbonyl (C=O) groups is 1. The first-order valence-electron chi connectivity index (χ1n) is 9.62. The van der Waals surface area contributed by atoms with Crippen LogP contribution in [-0.2, 0) is 22.9 Å². The highest BCUT2D eigenvalue weighted by molar-refractivity contribution is 7.89. The monoisotopic (exact) mass is 418 g/mol. The lowest BCUT2D eigenvalue weighted by Gasteiger charge is -2.34. The molecule has 2 aliphatic rings. The maximum atomic E-state index is 13.1. The summed E-state index contributed by atoms with van der Waals surface area (Å²) >= 11 is 5.97. The topological polar surface area (TPSA) is 57.7 Å². The van der Waals surface area contributed by atoms with Crippen LogP contribution in [0.5, 0.6) is 0 Å². The Kier molecular flexibility index (Phi) is 5.45. The molecule has 0 saturated carbocycles. The number of fused-ring (bicyclic) bond motifs is 1. The zero-order valence-electron chi connectivity index (χ0n) is 15.6. The van der Waals surface area contributed by atoms with Crippen LogP contribution < -0.4 is 0 Å². The molecule has 1 amide bonds. The van der Waals surface area contributed by atoms with Gasteiger partial charge in [-0.1, -0.05) is 23.7 Å². The Bertz CT molecular complexity index is 998. The second kappa shape index (κ2) is 7.85. The van der Waals surface area contributed by atoms with Crippen molar-refractivity contribution in [1.29, 1.82) is 0 Å². The van der Waals surface area contributed by atoms with Gasteiger partial charge in [0.25, 0.3) is 5.91 Å². The minimum absolute atomic E-state index is 0.117. The average molecular weight is 419 g/mol. The van der Waals surface area contributed by atoms with Crippen LogP contribution in [0.15, 0.2) is 47.4 Å². The number of nitrogens with zero attached hydrogens (tertiary/aromatic N) is 2. The summed E-state index contributed by atoms with van der Waals surface area (Å²) in [5, 5.41) is 0.513. The Morgan fingerprint density at radius 1 is 0.893 bits per heavy atom. The van der Waals surface area contributed by atoms with Gasteiger partial charge in [-0.15, -0.1) is 0 Å². The van der Waals surface area contributed by atoms with Gasteiger partial charge >= 0.3 is 0 Å². The van der Waals surface area contributed by atoms with Gasteiger partial charge in [0.05, 0.1) is 4.90 Å².